The lowest BCUT2D eigenvalue weighted by atomic mass is 9.71. The Balaban J connectivity index is 0.000000105. The highest BCUT2D eigenvalue weighted by Crippen LogP contribution is 2.47. The number of aromatic nitrogens is 4. The fourth-order valence-electron chi connectivity index (χ4n) is 18.6. The van der Waals surface area contributed by atoms with Gasteiger partial charge in [-0.05, 0) is 194 Å². The van der Waals surface area contributed by atoms with Crippen LogP contribution in [0.1, 0.15) is 176 Å². The lowest BCUT2D eigenvalue weighted by Gasteiger charge is -2.33. The molecule has 1 aliphatic rings. The van der Waals surface area contributed by atoms with Gasteiger partial charge in [-0.1, -0.05) is 375 Å². The van der Waals surface area contributed by atoms with Crippen LogP contribution < -0.4 is 0 Å². The quantitative estimate of drug-likeness (QED) is 0.142. The van der Waals surface area contributed by atoms with Crippen LogP contribution in [0, 0.1) is 5.41 Å². The molecule has 0 fully saturated rings. The Hall–Kier alpha value is -13.7. The average Bonchev–Trinajstić information content (AvgIpc) is 1.59. The third kappa shape index (κ3) is 16.3. The molecule has 0 radical (unpaired) electrons. The van der Waals surface area contributed by atoms with Crippen LogP contribution in [0.3, 0.4) is 0 Å². The summed E-state index contributed by atoms with van der Waals surface area (Å²) in [5.41, 5.74) is 29.9. The van der Waals surface area contributed by atoms with E-state index in [-0.39, 0.29) is 5.41 Å². The molecule has 0 unspecified atom stereocenters. The van der Waals surface area contributed by atoms with E-state index in [1.54, 1.807) is 0 Å². The lowest BCUT2D eigenvalue weighted by Crippen LogP contribution is -2.20. The molecule has 5 heteroatoms. The van der Waals surface area contributed by atoms with Gasteiger partial charge >= 0.3 is 0 Å². The Labute approximate surface area is 725 Å². The van der Waals surface area contributed by atoms with Crippen molar-refractivity contribution in [2.45, 2.75) is 126 Å². The molecule has 5 heterocycles. The standard InChI is InChI=1S/4C21H19N.C19H20.C15H14O/c1-15(2)17-12-8-13-19-18-11-6-7-14-20(18)22(21(17)19)16-9-4-3-5-10-16;1-15(2)17-12-8-14-20-21(17)18-11-6-7-13-19(18)22(20)16-9-4-3-5-10-16;1-15(2)16-12-13-21-19(14-16)18-10-6-7-11-20(18)22(21)17-8-4-3-5-9-17;1-15(2)16-12-13-19-18-10-6-7-11-20(18)22(21(19)14-16)17-8-4-3-5-9-17;1-19(2,3)18-16-10-6-4-8-14(16)12-13-15-9-5-7-11-17(15)18;1-10(2)11-7-5-9-14-15(11)12-6-3-4-8-13(12)16-14/h4*3-15H,1-2H3;4-13,18H,1-3H3;3-10H,1-2H3. The normalized spacial score (nSPS) is 12.1. The number of nitrogens with zero attached hydrogens (tertiary/aromatic N) is 4. The van der Waals surface area contributed by atoms with E-state index in [1.807, 2.05) is 18.2 Å². The Kier molecular flexibility index (Phi) is 23.6. The van der Waals surface area contributed by atoms with Gasteiger partial charge in [0, 0.05) is 82.5 Å². The molecule has 16 aromatic carbocycles. The molecule has 123 heavy (non-hydrogen) atoms. The molecule has 608 valence electrons. The number of furan rings is 1. The second-order valence-corrected chi connectivity index (χ2v) is 35.3. The SMILES string of the molecule is CC(C)(C)C1c2ccccc2C=Cc2ccccc21.CC(C)c1ccc2c(c1)c1ccccc1n2-c1ccccc1.CC(C)c1ccc2c3ccccc3n(-c3ccccc3)c2c1.CC(C)c1cccc2c1c1ccccc1n2-c1ccccc1.CC(C)c1cccc2c3ccccc3n(-c3ccccc3)c12.CC(C)c1cccc2oc3ccccc3c12. The van der Waals surface area contributed by atoms with Crippen LogP contribution in [-0.2, 0) is 0 Å². The molecule has 22 rings (SSSR count). The van der Waals surface area contributed by atoms with Gasteiger partial charge in [0.05, 0.1) is 44.1 Å². The van der Waals surface area contributed by atoms with Crippen molar-refractivity contribution in [3.8, 4) is 22.7 Å². The van der Waals surface area contributed by atoms with E-state index in [2.05, 4.69) is 484 Å². The minimum Gasteiger partial charge on any atom is -0.456 e. The van der Waals surface area contributed by atoms with Crippen molar-refractivity contribution in [2.75, 3.05) is 0 Å². The van der Waals surface area contributed by atoms with E-state index in [1.165, 1.54) is 171 Å². The summed E-state index contributed by atoms with van der Waals surface area (Å²) in [6, 6.07) is 136. The Morgan fingerprint density at radius 1 is 0.236 bits per heavy atom. The molecule has 0 saturated carbocycles. The topological polar surface area (TPSA) is 32.9 Å². The first-order valence-corrected chi connectivity index (χ1v) is 44.0. The zero-order chi connectivity index (χ0) is 85.0. The lowest BCUT2D eigenvalue weighted by molar-refractivity contribution is 0.358. The summed E-state index contributed by atoms with van der Waals surface area (Å²) in [6.07, 6.45) is 4.50. The predicted octanol–water partition coefficient (Wildman–Crippen LogP) is 33.7. The second-order valence-electron chi connectivity index (χ2n) is 35.3. The highest BCUT2D eigenvalue weighted by molar-refractivity contribution is 6.14. The molecule has 21 aromatic rings. The van der Waals surface area contributed by atoms with Crippen molar-refractivity contribution < 1.29 is 4.42 Å². The molecule has 0 spiro atoms. The first-order chi connectivity index (χ1) is 59.9. The molecule has 5 nitrogen and oxygen atoms in total. The van der Waals surface area contributed by atoms with E-state index in [0.29, 0.717) is 35.5 Å². The Morgan fingerprint density at radius 3 is 1.10 bits per heavy atom. The molecule has 0 aliphatic heterocycles. The number of hydrogen-bond donors (Lipinski definition) is 0. The van der Waals surface area contributed by atoms with Crippen LogP contribution >= 0.6 is 0 Å². The summed E-state index contributed by atoms with van der Waals surface area (Å²) >= 11 is 0. The van der Waals surface area contributed by atoms with E-state index < -0.39 is 0 Å². The van der Waals surface area contributed by atoms with E-state index >= 15 is 0 Å². The van der Waals surface area contributed by atoms with Crippen molar-refractivity contribution in [2.24, 2.45) is 5.41 Å². The summed E-state index contributed by atoms with van der Waals surface area (Å²) in [6.45, 7) is 29.5. The minimum atomic E-state index is 0.207. The van der Waals surface area contributed by atoms with Gasteiger partial charge in [-0.3, -0.25) is 0 Å². The maximum Gasteiger partial charge on any atom is 0.135 e. The molecule has 0 atom stereocenters. The van der Waals surface area contributed by atoms with Crippen molar-refractivity contribution in [3.05, 3.63) is 432 Å². The molecule has 0 amide bonds. The van der Waals surface area contributed by atoms with Crippen LogP contribution in [0.4, 0.5) is 0 Å². The van der Waals surface area contributed by atoms with Crippen LogP contribution in [0.2, 0.25) is 0 Å². The highest BCUT2D eigenvalue weighted by Gasteiger charge is 2.32. The maximum absolute atomic E-state index is 5.84. The fraction of sp³-hybridized carbons (Fsp3) is 0.169. The van der Waals surface area contributed by atoms with E-state index in [0.717, 1.165) is 11.2 Å². The van der Waals surface area contributed by atoms with Gasteiger partial charge in [-0.25, -0.2) is 0 Å². The molecule has 0 N–H and O–H groups in total. The van der Waals surface area contributed by atoms with Crippen LogP contribution in [0.5, 0.6) is 0 Å². The molecule has 0 bridgehead atoms. The minimum absolute atomic E-state index is 0.207. The molecular formula is C118H110N4O. The Bertz CT molecular complexity index is 7200. The van der Waals surface area contributed by atoms with E-state index in [9.17, 15) is 0 Å². The maximum atomic E-state index is 5.84. The number of hydrogen-bond acceptors (Lipinski definition) is 1. The second kappa shape index (κ2) is 35.5. The van der Waals surface area contributed by atoms with Gasteiger partial charge in [0.1, 0.15) is 11.2 Å². The van der Waals surface area contributed by atoms with Crippen LogP contribution in [-0.4, -0.2) is 18.3 Å². The largest absolute Gasteiger partial charge is 0.456 e. The zero-order valence-corrected chi connectivity index (χ0v) is 73.2. The first kappa shape index (κ1) is 81.6. The van der Waals surface area contributed by atoms with Crippen molar-refractivity contribution >= 4 is 121 Å². The summed E-state index contributed by atoms with van der Waals surface area (Å²) < 4.78 is 15.3. The van der Waals surface area contributed by atoms with Gasteiger partial charge in [0.2, 0.25) is 0 Å². The third-order valence-electron chi connectivity index (χ3n) is 24.5. The van der Waals surface area contributed by atoms with Gasteiger partial charge in [-0.2, -0.15) is 0 Å². The van der Waals surface area contributed by atoms with Crippen molar-refractivity contribution in [1.82, 2.24) is 18.3 Å². The van der Waals surface area contributed by atoms with Crippen LogP contribution in [0.25, 0.3) is 144 Å². The van der Waals surface area contributed by atoms with Crippen molar-refractivity contribution in [1.29, 1.82) is 0 Å². The number of rotatable bonds is 9. The monoisotopic (exact) mass is 1600 g/mol. The van der Waals surface area contributed by atoms with Gasteiger partial charge in [-0.15, -0.1) is 0 Å². The van der Waals surface area contributed by atoms with Gasteiger partial charge < -0.3 is 22.7 Å². The number of fused-ring (bicyclic) bond motifs is 17. The van der Waals surface area contributed by atoms with E-state index in [4.69, 9.17) is 4.42 Å². The number of benzene rings is 16. The van der Waals surface area contributed by atoms with Crippen molar-refractivity contribution in [3.63, 3.8) is 0 Å². The summed E-state index contributed by atoms with van der Waals surface area (Å²) in [7, 11) is 0. The fourth-order valence-corrected chi connectivity index (χ4v) is 18.6. The summed E-state index contributed by atoms with van der Waals surface area (Å²) in [5, 5.41) is 13.2. The molecule has 5 aromatic heterocycles. The first-order valence-electron chi connectivity index (χ1n) is 44.0. The molecule has 0 saturated heterocycles. The van der Waals surface area contributed by atoms with Crippen LogP contribution in [0.15, 0.2) is 387 Å². The van der Waals surface area contributed by atoms with Gasteiger partial charge in [0.15, 0.2) is 0 Å². The molecular weight excluding hydrogens is 1490 g/mol. The predicted molar refractivity (Wildman–Crippen MR) is 530 cm³/mol. The summed E-state index contributed by atoms with van der Waals surface area (Å²) in [4.78, 5) is 0. The Morgan fingerprint density at radius 2 is 0.577 bits per heavy atom. The third-order valence-corrected chi connectivity index (χ3v) is 24.5. The molecule has 1 aliphatic carbocycles. The van der Waals surface area contributed by atoms with Gasteiger partial charge in [0.25, 0.3) is 0 Å². The highest BCUT2D eigenvalue weighted by atomic mass is 16.3. The summed E-state index contributed by atoms with van der Waals surface area (Å²) in [5.74, 6) is 3.05. The zero-order valence-electron chi connectivity index (χ0n) is 73.2. The smallest absolute Gasteiger partial charge is 0.135 e. The number of para-hydroxylation sites is 10. The average molecular weight is 1600 g/mol.